The van der Waals surface area contributed by atoms with Gasteiger partial charge in [-0.25, -0.2) is 4.79 Å². The summed E-state index contributed by atoms with van der Waals surface area (Å²) in [6.07, 6.45) is 2.97. The first-order valence-electron chi connectivity index (χ1n) is 7.16. The number of aliphatic carboxylic acids is 1. The molecule has 0 spiro atoms. The van der Waals surface area contributed by atoms with E-state index in [2.05, 4.69) is 18.7 Å². The van der Waals surface area contributed by atoms with Gasteiger partial charge in [-0.2, -0.15) is 0 Å². The zero-order valence-corrected chi connectivity index (χ0v) is 12.1. The van der Waals surface area contributed by atoms with Crippen molar-refractivity contribution in [1.82, 2.24) is 9.80 Å². The highest BCUT2D eigenvalue weighted by molar-refractivity contribution is 5.86. The van der Waals surface area contributed by atoms with Crippen LogP contribution in [0.4, 0.5) is 0 Å². The van der Waals surface area contributed by atoms with Gasteiger partial charge in [0.15, 0.2) is 0 Å². The van der Waals surface area contributed by atoms with Gasteiger partial charge in [0.1, 0.15) is 5.54 Å². The van der Waals surface area contributed by atoms with E-state index in [0.717, 1.165) is 25.9 Å². The molecule has 2 fully saturated rings. The van der Waals surface area contributed by atoms with Crippen LogP contribution in [0.5, 0.6) is 0 Å². The summed E-state index contributed by atoms with van der Waals surface area (Å²) in [7, 11) is 0. The fourth-order valence-corrected chi connectivity index (χ4v) is 3.21. The maximum Gasteiger partial charge on any atom is 0.329 e. The molecule has 0 aromatic rings. The van der Waals surface area contributed by atoms with E-state index in [1.807, 2.05) is 0 Å². The maximum atomic E-state index is 11.9. The Kier molecular flexibility index (Phi) is 3.85. The first kappa shape index (κ1) is 14.3. The molecule has 5 heteroatoms. The van der Waals surface area contributed by atoms with Gasteiger partial charge >= 0.3 is 5.97 Å². The Morgan fingerprint density at radius 3 is 2.11 bits per heavy atom. The molecule has 1 amide bonds. The molecule has 1 saturated carbocycles. The molecule has 0 atom stereocenters. The van der Waals surface area contributed by atoms with Crippen LogP contribution in [0.15, 0.2) is 0 Å². The highest BCUT2D eigenvalue weighted by atomic mass is 16.4. The van der Waals surface area contributed by atoms with E-state index in [0.29, 0.717) is 18.9 Å². The standard InChI is InChI=1S/C14H24N2O3/c1-10(2)15-8-6-14(7-9-15,13(18)19)16(11(3)17)12-4-5-12/h10,12H,4-9H2,1-3H3,(H,18,19). The van der Waals surface area contributed by atoms with E-state index in [1.54, 1.807) is 4.90 Å². The van der Waals surface area contributed by atoms with E-state index < -0.39 is 11.5 Å². The molecule has 1 aliphatic heterocycles. The predicted octanol–water partition coefficient (Wildman–Crippen LogP) is 1.32. The number of carbonyl (C=O) groups excluding carboxylic acids is 1. The smallest absolute Gasteiger partial charge is 0.329 e. The van der Waals surface area contributed by atoms with Gasteiger partial charge in [0, 0.05) is 32.1 Å². The molecule has 1 saturated heterocycles. The van der Waals surface area contributed by atoms with Gasteiger partial charge in [-0.3, -0.25) is 4.79 Å². The van der Waals surface area contributed by atoms with Crippen molar-refractivity contribution in [3.05, 3.63) is 0 Å². The molecule has 108 valence electrons. The summed E-state index contributed by atoms with van der Waals surface area (Å²) >= 11 is 0. The summed E-state index contributed by atoms with van der Waals surface area (Å²) in [4.78, 5) is 27.7. The first-order chi connectivity index (χ1) is 8.88. The summed E-state index contributed by atoms with van der Waals surface area (Å²) in [5.74, 6) is -0.930. The zero-order valence-electron chi connectivity index (χ0n) is 12.1. The van der Waals surface area contributed by atoms with Gasteiger partial charge in [0.25, 0.3) is 0 Å². The molecule has 19 heavy (non-hydrogen) atoms. The van der Waals surface area contributed by atoms with Crippen LogP contribution < -0.4 is 0 Å². The first-order valence-corrected chi connectivity index (χ1v) is 7.16. The quantitative estimate of drug-likeness (QED) is 0.835. The summed E-state index contributed by atoms with van der Waals surface area (Å²) < 4.78 is 0. The Morgan fingerprint density at radius 1 is 1.26 bits per heavy atom. The van der Waals surface area contributed by atoms with Crippen molar-refractivity contribution in [2.75, 3.05) is 13.1 Å². The maximum absolute atomic E-state index is 11.9. The second-order valence-electron chi connectivity index (χ2n) is 6.09. The molecule has 0 bridgehead atoms. The number of hydrogen-bond acceptors (Lipinski definition) is 3. The van der Waals surface area contributed by atoms with Gasteiger partial charge in [-0.1, -0.05) is 0 Å². The van der Waals surface area contributed by atoms with Crippen LogP contribution in [0.1, 0.15) is 46.5 Å². The molecule has 2 aliphatic rings. The van der Waals surface area contributed by atoms with Crippen molar-refractivity contribution in [3.8, 4) is 0 Å². The minimum atomic E-state index is -0.974. The summed E-state index contributed by atoms with van der Waals surface area (Å²) in [5, 5.41) is 9.70. The van der Waals surface area contributed by atoms with Gasteiger partial charge < -0.3 is 14.9 Å². The molecule has 1 aliphatic carbocycles. The summed E-state index contributed by atoms with van der Waals surface area (Å²) in [6, 6.07) is 0.581. The molecule has 1 heterocycles. The lowest BCUT2D eigenvalue weighted by Crippen LogP contribution is -2.62. The monoisotopic (exact) mass is 268 g/mol. The van der Waals surface area contributed by atoms with Gasteiger partial charge in [0.2, 0.25) is 5.91 Å². The average Bonchev–Trinajstić information content (AvgIpc) is 3.13. The van der Waals surface area contributed by atoms with Crippen molar-refractivity contribution in [2.24, 2.45) is 0 Å². The molecular weight excluding hydrogens is 244 g/mol. The highest BCUT2D eigenvalue weighted by Crippen LogP contribution is 2.39. The Morgan fingerprint density at radius 2 is 1.79 bits per heavy atom. The van der Waals surface area contributed by atoms with Crippen molar-refractivity contribution < 1.29 is 14.7 Å². The molecule has 0 aromatic heterocycles. The van der Waals surface area contributed by atoms with Crippen LogP contribution in [0.3, 0.4) is 0 Å². The molecule has 0 radical (unpaired) electrons. The van der Waals surface area contributed by atoms with E-state index in [9.17, 15) is 14.7 Å². The predicted molar refractivity (Wildman–Crippen MR) is 71.9 cm³/mol. The third kappa shape index (κ3) is 2.61. The number of rotatable bonds is 4. The van der Waals surface area contributed by atoms with Crippen LogP contribution in [0.2, 0.25) is 0 Å². The topological polar surface area (TPSA) is 60.9 Å². The summed E-state index contributed by atoms with van der Waals surface area (Å²) in [5.41, 5.74) is -0.974. The third-order valence-corrected chi connectivity index (χ3v) is 4.47. The summed E-state index contributed by atoms with van der Waals surface area (Å²) in [6.45, 7) is 7.24. The second kappa shape index (κ2) is 5.12. The minimum absolute atomic E-state index is 0.0945. The minimum Gasteiger partial charge on any atom is -0.479 e. The number of carbonyl (C=O) groups is 2. The van der Waals surface area contributed by atoms with Gasteiger partial charge in [0.05, 0.1) is 0 Å². The number of carboxylic acid groups (broad SMARTS) is 1. The normalized spacial score (nSPS) is 23.4. The molecule has 0 aromatic carbocycles. The van der Waals surface area contributed by atoms with E-state index in [-0.39, 0.29) is 11.9 Å². The Bertz CT molecular complexity index is 369. The van der Waals surface area contributed by atoms with Crippen LogP contribution in [-0.4, -0.2) is 57.5 Å². The van der Waals surface area contributed by atoms with Crippen LogP contribution in [0.25, 0.3) is 0 Å². The second-order valence-corrected chi connectivity index (χ2v) is 6.09. The number of hydrogen-bond donors (Lipinski definition) is 1. The highest BCUT2D eigenvalue weighted by Gasteiger charge is 2.52. The van der Waals surface area contributed by atoms with Crippen LogP contribution in [0, 0.1) is 0 Å². The number of likely N-dealkylation sites (tertiary alicyclic amines) is 1. The SMILES string of the molecule is CC(=O)N(C1CC1)C1(C(=O)O)CCN(C(C)C)CC1. The largest absolute Gasteiger partial charge is 0.479 e. The van der Waals surface area contributed by atoms with Crippen molar-refractivity contribution in [3.63, 3.8) is 0 Å². The molecule has 2 rings (SSSR count). The zero-order chi connectivity index (χ0) is 14.2. The Balaban J connectivity index is 2.20. The number of nitrogens with zero attached hydrogens (tertiary/aromatic N) is 2. The third-order valence-electron chi connectivity index (χ3n) is 4.47. The fourth-order valence-electron chi connectivity index (χ4n) is 3.21. The molecule has 5 nitrogen and oxygen atoms in total. The lowest BCUT2D eigenvalue weighted by Gasteiger charge is -2.46. The van der Waals surface area contributed by atoms with E-state index >= 15 is 0 Å². The number of amides is 1. The average molecular weight is 268 g/mol. The van der Waals surface area contributed by atoms with Crippen molar-refractivity contribution >= 4 is 11.9 Å². The molecule has 0 unspecified atom stereocenters. The number of piperidine rings is 1. The number of carboxylic acids is 1. The Hall–Kier alpha value is -1.10. The molecular formula is C14H24N2O3. The van der Waals surface area contributed by atoms with Crippen LogP contribution >= 0.6 is 0 Å². The van der Waals surface area contributed by atoms with E-state index in [4.69, 9.17) is 0 Å². The lowest BCUT2D eigenvalue weighted by atomic mass is 9.84. The van der Waals surface area contributed by atoms with Gasteiger partial charge in [-0.15, -0.1) is 0 Å². The van der Waals surface area contributed by atoms with Gasteiger partial charge in [-0.05, 0) is 39.5 Å². The lowest BCUT2D eigenvalue weighted by molar-refractivity contribution is -0.163. The Labute approximate surface area is 114 Å². The molecule has 1 N–H and O–H groups in total. The van der Waals surface area contributed by atoms with Crippen molar-refractivity contribution in [2.45, 2.75) is 64.1 Å². The fraction of sp³-hybridized carbons (Fsp3) is 0.857. The van der Waals surface area contributed by atoms with Crippen molar-refractivity contribution in [1.29, 1.82) is 0 Å². The van der Waals surface area contributed by atoms with Crippen LogP contribution in [-0.2, 0) is 9.59 Å². The van der Waals surface area contributed by atoms with E-state index in [1.165, 1.54) is 6.92 Å².